The molecule has 5 heteroatoms. The highest BCUT2D eigenvalue weighted by Gasteiger charge is 2.20. The number of ether oxygens (including phenoxy) is 1. The molecule has 2 N–H and O–H groups in total. The zero-order chi connectivity index (χ0) is 11.1. The summed E-state index contributed by atoms with van der Waals surface area (Å²) in [5.74, 6) is -1.16. The lowest BCUT2D eigenvalue weighted by molar-refractivity contribution is -0.138. The van der Waals surface area contributed by atoms with Gasteiger partial charge in [-0.05, 0) is 0 Å². The van der Waals surface area contributed by atoms with Crippen molar-refractivity contribution in [3.05, 3.63) is 0 Å². The van der Waals surface area contributed by atoms with Crippen molar-refractivity contribution in [2.24, 2.45) is 5.92 Å². The summed E-state index contributed by atoms with van der Waals surface area (Å²) in [5, 5.41) is 11.2. The van der Waals surface area contributed by atoms with Crippen LogP contribution in [0.1, 0.15) is 20.3 Å². The molecule has 0 fully saturated rings. The van der Waals surface area contributed by atoms with E-state index >= 15 is 0 Å². The van der Waals surface area contributed by atoms with E-state index < -0.39 is 5.97 Å². The molecular weight excluding hydrogens is 186 g/mol. The van der Waals surface area contributed by atoms with E-state index in [2.05, 4.69) is 5.32 Å². The molecule has 0 rings (SSSR count). The Bertz CT molecular complexity index is 189. The predicted octanol–water partition coefficient (Wildman–Crippen LogP) is 0.248. The first kappa shape index (κ1) is 12.9. The van der Waals surface area contributed by atoms with Crippen LogP contribution in [0.5, 0.6) is 0 Å². The van der Waals surface area contributed by atoms with Gasteiger partial charge >= 0.3 is 5.97 Å². The van der Waals surface area contributed by atoms with Crippen molar-refractivity contribution in [2.45, 2.75) is 26.3 Å². The molecule has 2 atom stereocenters. The maximum atomic E-state index is 10.8. The summed E-state index contributed by atoms with van der Waals surface area (Å²) in [6, 6.07) is -0.370. The van der Waals surface area contributed by atoms with Crippen LogP contribution in [0.25, 0.3) is 0 Å². The van der Waals surface area contributed by atoms with Gasteiger partial charge in [0.1, 0.15) is 0 Å². The smallest absolute Gasteiger partial charge is 0.305 e. The van der Waals surface area contributed by atoms with Gasteiger partial charge in [-0.25, -0.2) is 0 Å². The van der Waals surface area contributed by atoms with Gasteiger partial charge in [-0.1, -0.05) is 6.92 Å². The Labute approximate surface area is 83.4 Å². The van der Waals surface area contributed by atoms with Crippen LogP contribution in [0.3, 0.4) is 0 Å². The van der Waals surface area contributed by atoms with Crippen LogP contribution in [-0.4, -0.2) is 36.7 Å². The van der Waals surface area contributed by atoms with E-state index in [1.807, 2.05) is 6.92 Å². The van der Waals surface area contributed by atoms with E-state index in [4.69, 9.17) is 9.84 Å². The maximum absolute atomic E-state index is 10.8. The molecular formula is C9H17NO4. The van der Waals surface area contributed by atoms with E-state index in [0.717, 1.165) is 0 Å². The van der Waals surface area contributed by atoms with Crippen LogP contribution in [0.2, 0.25) is 0 Å². The van der Waals surface area contributed by atoms with Gasteiger partial charge in [-0.2, -0.15) is 0 Å². The minimum Gasteiger partial charge on any atom is -0.481 e. The molecule has 0 radical (unpaired) electrons. The van der Waals surface area contributed by atoms with Crippen LogP contribution >= 0.6 is 0 Å². The molecule has 0 aliphatic carbocycles. The molecule has 82 valence electrons. The standard InChI is InChI=1S/C9H17NO4/c1-6(5-14-3)8(4-9(12)13)10-7(2)11/h6,8H,4-5H2,1-3H3,(H,10,11)(H,12,13)/t6?,8-/m0/s1. The molecule has 0 spiro atoms. The minimum absolute atomic E-state index is 0.0139. The molecule has 1 unspecified atom stereocenters. The Morgan fingerprint density at radius 2 is 2.07 bits per heavy atom. The molecule has 1 amide bonds. The Morgan fingerprint density at radius 1 is 1.50 bits per heavy atom. The van der Waals surface area contributed by atoms with E-state index in [0.29, 0.717) is 6.61 Å². The summed E-state index contributed by atoms with van der Waals surface area (Å²) >= 11 is 0. The average molecular weight is 203 g/mol. The zero-order valence-corrected chi connectivity index (χ0v) is 8.74. The third-order valence-corrected chi connectivity index (χ3v) is 1.90. The number of carbonyl (C=O) groups is 2. The normalized spacial score (nSPS) is 14.5. The molecule has 0 aliphatic heterocycles. The second kappa shape index (κ2) is 6.37. The number of amides is 1. The van der Waals surface area contributed by atoms with Crippen molar-refractivity contribution in [2.75, 3.05) is 13.7 Å². The predicted molar refractivity (Wildman–Crippen MR) is 50.9 cm³/mol. The fraction of sp³-hybridized carbons (Fsp3) is 0.778. The van der Waals surface area contributed by atoms with Crippen molar-refractivity contribution in [3.63, 3.8) is 0 Å². The van der Waals surface area contributed by atoms with Crippen molar-refractivity contribution in [1.29, 1.82) is 0 Å². The van der Waals surface area contributed by atoms with Gasteiger partial charge in [0.2, 0.25) is 5.91 Å². The van der Waals surface area contributed by atoms with Crippen LogP contribution in [0.4, 0.5) is 0 Å². The van der Waals surface area contributed by atoms with Crippen molar-refractivity contribution in [3.8, 4) is 0 Å². The highest BCUT2D eigenvalue weighted by atomic mass is 16.5. The SMILES string of the molecule is COCC(C)[C@H](CC(=O)O)NC(C)=O. The highest BCUT2D eigenvalue weighted by Crippen LogP contribution is 2.07. The number of rotatable bonds is 6. The third kappa shape index (κ3) is 5.53. The molecule has 0 aromatic carbocycles. The van der Waals surface area contributed by atoms with Crippen molar-refractivity contribution < 1.29 is 19.4 Å². The van der Waals surface area contributed by atoms with Gasteiger partial charge in [-0.3, -0.25) is 9.59 Å². The molecule has 0 saturated carbocycles. The lowest BCUT2D eigenvalue weighted by Gasteiger charge is -2.22. The quantitative estimate of drug-likeness (QED) is 0.648. The Kier molecular flexibility index (Phi) is 5.87. The summed E-state index contributed by atoms with van der Waals surface area (Å²) in [7, 11) is 1.54. The molecule has 0 heterocycles. The fourth-order valence-electron chi connectivity index (χ4n) is 1.22. The van der Waals surface area contributed by atoms with E-state index in [1.165, 1.54) is 6.92 Å². The second-order valence-electron chi connectivity index (χ2n) is 3.34. The van der Waals surface area contributed by atoms with Gasteiger partial charge in [0, 0.05) is 26.0 Å². The molecule has 0 saturated heterocycles. The molecule has 0 aliphatic rings. The monoisotopic (exact) mass is 203 g/mol. The van der Waals surface area contributed by atoms with E-state index in [-0.39, 0.29) is 24.3 Å². The molecule has 5 nitrogen and oxygen atoms in total. The first-order valence-corrected chi connectivity index (χ1v) is 4.45. The molecule has 0 aromatic heterocycles. The van der Waals surface area contributed by atoms with Gasteiger partial charge in [0.15, 0.2) is 0 Å². The van der Waals surface area contributed by atoms with E-state index in [9.17, 15) is 9.59 Å². The van der Waals surface area contributed by atoms with E-state index in [1.54, 1.807) is 7.11 Å². The Balaban J connectivity index is 4.21. The maximum Gasteiger partial charge on any atom is 0.305 e. The number of hydrogen-bond donors (Lipinski definition) is 2. The average Bonchev–Trinajstić information content (AvgIpc) is 2.01. The summed E-state index contributed by atoms with van der Waals surface area (Å²) in [4.78, 5) is 21.3. The molecule has 0 aromatic rings. The summed E-state index contributed by atoms with van der Waals surface area (Å²) in [5.41, 5.74) is 0. The van der Waals surface area contributed by atoms with Gasteiger partial charge < -0.3 is 15.2 Å². The van der Waals surface area contributed by atoms with Crippen LogP contribution in [0, 0.1) is 5.92 Å². The Hall–Kier alpha value is -1.10. The number of carbonyl (C=O) groups excluding carboxylic acids is 1. The summed E-state index contributed by atoms with van der Waals surface area (Å²) in [6.45, 7) is 3.64. The lowest BCUT2D eigenvalue weighted by Crippen LogP contribution is -2.41. The highest BCUT2D eigenvalue weighted by molar-refractivity contribution is 5.75. The number of hydrogen-bond acceptors (Lipinski definition) is 3. The lowest BCUT2D eigenvalue weighted by atomic mass is 10.00. The van der Waals surface area contributed by atoms with Crippen molar-refractivity contribution >= 4 is 11.9 Å². The second-order valence-corrected chi connectivity index (χ2v) is 3.34. The number of aliphatic carboxylic acids is 1. The number of methoxy groups -OCH3 is 1. The molecule has 14 heavy (non-hydrogen) atoms. The third-order valence-electron chi connectivity index (χ3n) is 1.90. The number of nitrogens with one attached hydrogen (secondary N) is 1. The van der Waals surface area contributed by atoms with Crippen LogP contribution in [0.15, 0.2) is 0 Å². The van der Waals surface area contributed by atoms with Crippen molar-refractivity contribution in [1.82, 2.24) is 5.32 Å². The zero-order valence-electron chi connectivity index (χ0n) is 8.74. The molecule has 0 bridgehead atoms. The number of carboxylic acid groups (broad SMARTS) is 1. The van der Waals surface area contributed by atoms with Gasteiger partial charge in [0.05, 0.1) is 13.0 Å². The summed E-state index contributed by atoms with van der Waals surface area (Å²) in [6.07, 6.45) is -0.0793. The van der Waals surface area contributed by atoms with Gasteiger partial charge in [-0.15, -0.1) is 0 Å². The first-order valence-electron chi connectivity index (χ1n) is 4.45. The summed E-state index contributed by atoms with van der Waals surface area (Å²) < 4.78 is 4.90. The largest absolute Gasteiger partial charge is 0.481 e. The minimum atomic E-state index is -0.924. The van der Waals surface area contributed by atoms with Gasteiger partial charge in [0.25, 0.3) is 0 Å². The van der Waals surface area contributed by atoms with Crippen LogP contribution < -0.4 is 5.32 Å². The Morgan fingerprint density at radius 3 is 2.43 bits per heavy atom. The van der Waals surface area contributed by atoms with Crippen LogP contribution in [-0.2, 0) is 14.3 Å². The number of carboxylic acids is 1. The topological polar surface area (TPSA) is 75.6 Å². The fourth-order valence-corrected chi connectivity index (χ4v) is 1.22. The first-order chi connectivity index (χ1) is 6.47.